The molecule has 2 heterocycles. The van der Waals surface area contributed by atoms with Crippen LogP contribution in [0, 0.1) is 0 Å². The van der Waals surface area contributed by atoms with E-state index in [-0.39, 0.29) is 15.7 Å². The number of hydrogen-bond acceptors (Lipinski definition) is 6. The molecule has 1 amide bonds. The molecule has 0 aliphatic carbocycles. The number of carbonyl (C=O) groups is 1. The molecule has 2 aromatic carbocycles. The molecule has 4 N–H and O–H groups in total. The van der Waals surface area contributed by atoms with E-state index in [1.54, 1.807) is 48.0 Å². The predicted octanol–water partition coefficient (Wildman–Crippen LogP) is 1.58. The smallest absolute Gasteiger partial charge is 0.280 e. The fraction of sp³-hybridized carbons (Fsp3) is 0.0476. The Hall–Kier alpha value is -3.58. The summed E-state index contributed by atoms with van der Waals surface area (Å²) < 4.78 is 47.7. The maximum absolute atomic E-state index is 13.0. The van der Waals surface area contributed by atoms with Crippen LogP contribution < -0.4 is 15.3 Å². The Morgan fingerprint density at radius 2 is 1.33 bits per heavy atom. The number of amides is 1. The Kier molecular flexibility index (Phi) is 5.54. The summed E-state index contributed by atoms with van der Waals surface area (Å²) in [5.74, 6) is -0.381. The lowest BCUT2D eigenvalue weighted by Crippen LogP contribution is -2.21. The summed E-state index contributed by atoms with van der Waals surface area (Å²) in [5, 5.41) is 15.7. The van der Waals surface area contributed by atoms with E-state index < -0.39 is 20.0 Å². The molecule has 0 spiro atoms. The number of sulfonamides is 2. The average molecular weight is 486 g/mol. The molecule has 33 heavy (non-hydrogen) atoms. The minimum absolute atomic E-state index is 0.00337. The summed E-state index contributed by atoms with van der Waals surface area (Å²) in [4.78, 5) is 13.0. The molecule has 0 atom stereocenters. The van der Waals surface area contributed by atoms with Gasteiger partial charge >= 0.3 is 0 Å². The van der Waals surface area contributed by atoms with Crippen molar-refractivity contribution >= 4 is 43.4 Å². The van der Waals surface area contributed by atoms with Crippen molar-refractivity contribution in [2.75, 3.05) is 5.01 Å². The quantitative estimate of drug-likeness (QED) is 0.524. The second-order valence-corrected chi connectivity index (χ2v) is 10.4. The number of nitrogens with zero attached hydrogens (tertiary/aromatic N) is 3. The highest BCUT2D eigenvalue weighted by atomic mass is 32.2. The second kappa shape index (κ2) is 8.08. The van der Waals surface area contributed by atoms with E-state index in [2.05, 4.69) is 5.10 Å². The van der Waals surface area contributed by atoms with Crippen molar-refractivity contribution in [1.82, 2.24) is 4.57 Å². The Morgan fingerprint density at radius 1 is 0.818 bits per heavy atom. The summed E-state index contributed by atoms with van der Waals surface area (Å²) in [7, 11) is -7.65. The molecule has 0 bridgehead atoms. The van der Waals surface area contributed by atoms with Crippen LogP contribution in [0.1, 0.15) is 12.6 Å². The van der Waals surface area contributed by atoms with Gasteiger partial charge in [-0.1, -0.05) is 0 Å². The van der Waals surface area contributed by atoms with Crippen LogP contribution in [0.3, 0.4) is 0 Å². The molecule has 0 saturated heterocycles. The predicted molar refractivity (Wildman–Crippen MR) is 124 cm³/mol. The summed E-state index contributed by atoms with van der Waals surface area (Å²) in [6.07, 6.45) is 3.45. The van der Waals surface area contributed by atoms with Crippen molar-refractivity contribution in [2.24, 2.45) is 15.4 Å². The fourth-order valence-electron chi connectivity index (χ4n) is 3.33. The Bertz CT molecular complexity index is 1520. The first-order valence-corrected chi connectivity index (χ1v) is 12.6. The van der Waals surface area contributed by atoms with E-state index >= 15 is 0 Å². The van der Waals surface area contributed by atoms with E-state index in [0.29, 0.717) is 28.4 Å². The van der Waals surface area contributed by atoms with Gasteiger partial charge < -0.3 is 4.57 Å². The number of primary sulfonamides is 2. The molecule has 1 aliphatic rings. The zero-order valence-corrected chi connectivity index (χ0v) is 18.9. The lowest BCUT2D eigenvalue weighted by molar-refractivity contribution is -0.114. The van der Waals surface area contributed by atoms with Crippen LogP contribution >= 0.6 is 0 Å². The first kappa shape index (κ1) is 22.6. The number of nitrogens with two attached hydrogens (primary N) is 2. The maximum Gasteiger partial charge on any atom is 0.280 e. The first-order chi connectivity index (χ1) is 15.4. The number of carbonyl (C=O) groups excluding carboxylic acids is 1. The number of hydrogen-bond donors (Lipinski definition) is 2. The molecule has 0 saturated carbocycles. The number of anilines is 1. The van der Waals surface area contributed by atoms with E-state index in [1.807, 2.05) is 0 Å². The zero-order valence-electron chi connectivity index (χ0n) is 17.3. The van der Waals surface area contributed by atoms with Gasteiger partial charge in [0, 0.05) is 17.6 Å². The number of benzene rings is 2. The normalized spacial score (nSPS) is 15.8. The third-order valence-electron chi connectivity index (χ3n) is 4.99. The monoisotopic (exact) mass is 485 g/mol. The Morgan fingerprint density at radius 3 is 1.85 bits per heavy atom. The van der Waals surface area contributed by atoms with Crippen molar-refractivity contribution in [3.8, 4) is 5.69 Å². The third-order valence-corrected chi connectivity index (χ3v) is 6.85. The van der Waals surface area contributed by atoms with Crippen LogP contribution in [0.4, 0.5) is 5.69 Å². The van der Waals surface area contributed by atoms with Gasteiger partial charge in [0.05, 0.1) is 26.8 Å². The second-order valence-electron chi connectivity index (χ2n) is 7.24. The van der Waals surface area contributed by atoms with E-state index in [9.17, 15) is 21.6 Å². The minimum atomic E-state index is -3.85. The summed E-state index contributed by atoms with van der Waals surface area (Å²) in [6.45, 7) is 1.69. The molecule has 4 rings (SSSR count). The van der Waals surface area contributed by atoms with Crippen LogP contribution in [-0.2, 0) is 24.8 Å². The fourth-order valence-corrected chi connectivity index (χ4v) is 4.36. The maximum atomic E-state index is 13.0. The average Bonchev–Trinajstić information content (AvgIpc) is 3.33. The van der Waals surface area contributed by atoms with Crippen LogP contribution in [0.15, 0.2) is 87.3 Å². The SMILES string of the molecule is CC1=NN(c2ccc(S(N)(=O)=O)cc2)C(=O)C1=Cc1cccn1-c1ccc(S(N)(=O)=O)cc1. The van der Waals surface area contributed by atoms with Gasteiger partial charge in [-0.3, -0.25) is 4.79 Å². The molecule has 10 nitrogen and oxygen atoms in total. The standard InChI is InChI=1S/C21H19N5O5S2/c1-14-20(21(27)26(24-14)16-6-10-19(11-7-16)33(23,30)31)13-17-3-2-12-25(17)15-4-8-18(9-5-15)32(22,28)29/h2-13H,1H3,(H2,22,28,29)(H2,23,30,31). The molecule has 12 heteroatoms. The molecule has 0 unspecified atom stereocenters. The zero-order chi connectivity index (χ0) is 24.0. The minimum Gasteiger partial charge on any atom is -0.317 e. The lowest BCUT2D eigenvalue weighted by atomic mass is 10.1. The highest BCUT2D eigenvalue weighted by Crippen LogP contribution is 2.27. The molecule has 1 aromatic heterocycles. The summed E-state index contributed by atoms with van der Waals surface area (Å²) in [6, 6.07) is 15.1. The molecule has 3 aromatic rings. The lowest BCUT2D eigenvalue weighted by Gasteiger charge is -2.12. The van der Waals surface area contributed by atoms with Crippen molar-refractivity contribution in [1.29, 1.82) is 0 Å². The number of aromatic nitrogens is 1. The van der Waals surface area contributed by atoms with Crippen molar-refractivity contribution in [3.05, 3.63) is 78.1 Å². The third kappa shape index (κ3) is 4.50. The van der Waals surface area contributed by atoms with Crippen LogP contribution in [0.25, 0.3) is 11.8 Å². The van der Waals surface area contributed by atoms with Crippen molar-refractivity contribution in [3.63, 3.8) is 0 Å². The molecular weight excluding hydrogens is 466 g/mol. The van der Waals surface area contributed by atoms with E-state index in [1.165, 1.54) is 41.4 Å². The van der Waals surface area contributed by atoms with Gasteiger partial charge in [0.25, 0.3) is 5.91 Å². The van der Waals surface area contributed by atoms with E-state index in [4.69, 9.17) is 10.3 Å². The highest BCUT2D eigenvalue weighted by Gasteiger charge is 2.29. The van der Waals surface area contributed by atoms with Gasteiger partial charge in [0.15, 0.2) is 0 Å². The van der Waals surface area contributed by atoms with Gasteiger partial charge in [-0.25, -0.2) is 27.1 Å². The molecule has 170 valence electrons. The summed E-state index contributed by atoms with van der Waals surface area (Å²) in [5.41, 5.74) is 2.57. The number of hydrazone groups is 1. The molecular formula is C21H19N5O5S2. The van der Waals surface area contributed by atoms with E-state index in [0.717, 1.165) is 0 Å². The van der Waals surface area contributed by atoms with Gasteiger partial charge in [-0.05, 0) is 73.7 Å². The molecule has 1 aliphatic heterocycles. The van der Waals surface area contributed by atoms with Crippen LogP contribution in [0.2, 0.25) is 0 Å². The van der Waals surface area contributed by atoms with Gasteiger partial charge in [0.1, 0.15) is 0 Å². The Balaban J connectivity index is 1.65. The highest BCUT2D eigenvalue weighted by molar-refractivity contribution is 7.89. The summed E-state index contributed by atoms with van der Waals surface area (Å²) >= 11 is 0. The molecule has 0 radical (unpaired) electrons. The van der Waals surface area contributed by atoms with Crippen LogP contribution in [-0.4, -0.2) is 33.0 Å². The van der Waals surface area contributed by atoms with Gasteiger partial charge in [-0.15, -0.1) is 0 Å². The topological polar surface area (TPSA) is 158 Å². The van der Waals surface area contributed by atoms with Crippen LogP contribution in [0.5, 0.6) is 0 Å². The van der Waals surface area contributed by atoms with Gasteiger partial charge in [0.2, 0.25) is 20.0 Å². The Labute approximate surface area is 190 Å². The van der Waals surface area contributed by atoms with Gasteiger partial charge in [-0.2, -0.15) is 10.1 Å². The first-order valence-electron chi connectivity index (χ1n) is 9.50. The molecule has 0 fully saturated rings. The largest absolute Gasteiger partial charge is 0.317 e. The number of rotatable bonds is 5. The van der Waals surface area contributed by atoms with Crippen molar-refractivity contribution in [2.45, 2.75) is 16.7 Å². The van der Waals surface area contributed by atoms with Crippen molar-refractivity contribution < 1.29 is 21.6 Å².